The Morgan fingerprint density at radius 1 is 1.17 bits per heavy atom. The third-order valence-corrected chi connectivity index (χ3v) is 6.99. The van der Waals surface area contributed by atoms with Gasteiger partial charge in [0.1, 0.15) is 17.1 Å². The molecule has 11 heteroatoms. The summed E-state index contributed by atoms with van der Waals surface area (Å²) in [5.74, 6) is 0.894. The van der Waals surface area contributed by atoms with E-state index in [2.05, 4.69) is 25.3 Å². The third-order valence-electron chi connectivity index (χ3n) is 6.71. The van der Waals surface area contributed by atoms with Crippen LogP contribution in [0.2, 0.25) is 5.02 Å². The maximum absolute atomic E-state index is 13.2. The van der Waals surface area contributed by atoms with Gasteiger partial charge in [-0.3, -0.25) is 14.4 Å². The number of rotatable bonds is 6. The van der Waals surface area contributed by atoms with E-state index in [1.165, 1.54) is 6.20 Å². The van der Waals surface area contributed by atoms with E-state index in [4.69, 9.17) is 21.1 Å². The summed E-state index contributed by atoms with van der Waals surface area (Å²) in [6, 6.07) is 7.73. The molecular weight excluding hydrogens is 482 g/mol. The van der Waals surface area contributed by atoms with Crippen LogP contribution < -0.4 is 10.1 Å². The van der Waals surface area contributed by atoms with Crippen LogP contribution in [0.1, 0.15) is 23.2 Å². The lowest BCUT2D eigenvalue weighted by Crippen LogP contribution is -2.50. The van der Waals surface area contributed by atoms with Crippen molar-refractivity contribution in [2.24, 2.45) is 7.05 Å². The molecule has 5 rings (SSSR count). The van der Waals surface area contributed by atoms with Crippen LogP contribution in [0.15, 0.2) is 36.7 Å². The molecule has 2 aromatic heterocycles. The molecule has 2 aliphatic heterocycles. The molecule has 1 N–H and O–H groups in total. The highest BCUT2D eigenvalue weighted by molar-refractivity contribution is 6.32. The topological polar surface area (TPSA) is 97.6 Å². The Bertz CT molecular complexity index is 1220. The smallest absolute Gasteiger partial charge is 0.253 e. The number of carbonyl (C=O) groups excluding carboxylic acids is 1. The van der Waals surface area contributed by atoms with Gasteiger partial charge in [0.2, 0.25) is 5.95 Å². The van der Waals surface area contributed by atoms with Gasteiger partial charge in [-0.05, 0) is 37.1 Å². The number of nitrogens with zero attached hydrogens (tertiary/aromatic N) is 6. The largest absolute Gasteiger partial charge is 0.495 e. The zero-order valence-corrected chi connectivity index (χ0v) is 21.2. The summed E-state index contributed by atoms with van der Waals surface area (Å²) in [5, 5.41) is 7.95. The van der Waals surface area contributed by atoms with Gasteiger partial charge in [0.15, 0.2) is 0 Å². The Hall–Kier alpha value is -3.21. The number of aromatic nitrogens is 4. The Labute approximate surface area is 215 Å². The predicted octanol–water partition coefficient (Wildman–Crippen LogP) is 3.22. The average Bonchev–Trinajstić information content (AvgIpc) is 3.36. The Morgan fingerprint density at radius 3 is 2.64 bits per heavy atom. The van der Waals surface area contributed by atoms with E-state index >= 15 is 0 Å². The molecule has 0 aliphatic carbocycles. The second-order valence-electron chi connectivity index (χ2n) is 8.98. The third kappa shape index (κ3) is 5.30. The number of methoxy groups -OCH3 is 1. The maximum atomic E-state index is 13.2. The van der Waals surface area contributed by atoms with Gasteiger partial charge in [0.25, 0.3) is 5.91 Å². The predicted molar refractivity (Wildman–Crippen MR) is 137 cm³/mol. The van der Waals surface area contributed by atoms with Crippen molar-refractivity contribution >= 4 is 29.1 Å². The number of hydrogen-bond donors (Lipinski definition) is 1. The first-order valence-electron chi connectivity index (χ1n) is 12.1. The minimum absolute atomic E-state index is 0.0143. The van der Waals surface area contributed by atoms with E-state index in [0.29, 0.717) is 45.4 Å². The molecule has 0 bridgehead atoms. The summed E-state index contributed by atoms with van der Waals surface area (Å²) in [6.07, 6.45) is 5.32. The van der Waals surface area contributed by atoms with E-state index in [1.54, 1.807) is 23.9 Å². The average molecular weight is 512 g/mol. The monoisotopic (exact) mass is 511 g/mol. The van der Waals surface area contributed by atoms with E-state index in [0.717, 1.165) is 52.2 Å². The van der Waals surface area contributed by atoms with Crippen LogP contribution >= 0.6 is 11.6 Å². The lowest BCUT2D eigenvalue weighted by molar-refractivity contribution is 0.00159. The van der Waals surface area contributed by atoms with Crippen molar-refractivity contribution in [3.05, 3.63) is 47.2 Å². The zero-order chi connectivity index (χ0) is 25.1. The van der Waals surface area contributed by atoms with Gasteiger partial charge in [-0.1, -0.05) is 11.6 Å². The summed E-state index contributed by atoms with van der Waals surface area (Å²) < 4.78 is 12.7. The van der Waals surface area contributed by atoms with Gasteiger partial charge in [-0.15, -0.1) is 0 Å². The Kier molecular flexibility index (Phi) is 7.35. The van der Waals surface area contributed by atoms with Crippen LogP contribution in [0, 0.1) is 0 Å². The van der Waals surface area contributed by atoms with Gasteiger partial charge in [-0.25, -0.2) is 9.97 Å². The number of morpholine rings is 1. The van der Waals surface area contributed by atoms with Crippen LogP contribution in [0.25, 0.3) is 11.4 Å². The number of amides is 1. The quantitative estimate of drug-likeness (QED) is 0.538. The summed E-state index contributed by atoms with van der Waals surface area (Å²) in [5.41, 5.74) is 2.42. The molecule has 0 atom stereocenters. The van der Waals surface area contributed by atoms with Crippen molar-refractivity contribution < 1.29 is 14.3 Å². The Balaban J connectivity index is 1.27. The molecule has 3 aromatic rings. The van der Waals surface area contributed by atoms with Gasteiger partial charge >= 0.3 is 0 Å². The molecule has 2 saturated heterocycles. The molecule has 2 fully saturated rings. The molecule has 1 amide bonds. The number of piperidine rings is 1. The number of aryl methyl sites for hydroxylation is 1. The minimum Gasteiger partial charge on any atom is -0.495 e. The minimum atomic E-state index is 0.0143. The molecule has 10 nitrogen and oxygen atoms in total. The summed E-state index contributed by atoms with van der Waals surface area (Å²) >= 11 is 6.31. The molecule has 0 radical (unpaired) electrons. The fourth-order valence-electron chi connectivity index (χ4n) is 4.76. The standard InChI is InChI=1S/C25H30ClN7O3/c1-31-8-7-21(30-31)23-19(26)16-27-25(29-23)28-20-4-3-17(15-22(20)35-2)24(34)33-9-5-18(6-10-33)32-11-13-36-14-12-32/h3-4,7-8,15-16,18H,5-6,9-14H2,1-2H3,(H,27,28,29). The van der Waals surface area contributed by atoms with Crippen molar-refractivity contribution in [2.45, 2.75) is 18.9 Å². The fraction of sp³-hybridized carbons (Fsp3) is 0.440. The van der Waals surface area contributed by atoms with Gasteiger partial charge < -0.3 is 19.7 Å². The van der Waals surface area contributed by atoms with Gasteiger partial charge in [-0.2, -0.15) is 5.10 Å². The van der Waals surface area contributed by atoms with Crippen molar-refractivity contribution in [3.8, 4) is 17.1 Å². The number of nitrogens with one attached hydrogen (secondary N) is 1. The summed E-state index contributed by atoms with van der Waals surface area (Å²) in [4.78, 5) is 26.5. The summed E-state index contributed by atoms with van der Waals surface area (Å²) in [6.45, 7) is 5.04. The first-order chi connectivity index (χ1) is 17.5. The number of benzene rings is 1. The maximum Gasteiger partial charge on any atom is 0.253 e. The van der Waals surface area contributed by atoms with Crippen LogP contribution in [-0.4, -0.2) is 88.0 Å². The van der Waals surface area contributed by atoms with Crippen LogP contribution in [0.5, 0.6) is 5.75 Å². The van der Waals surface area contributed by atoms with E-state index < -0.39 is 0 Å². The second kappa shape index (κ2) is 10.8. The highest BCUT2D eigenvalue weighted by Crippen LogP contribution is 2.31. The van der Waals surface area contributed by atoms with Crippen molar-refractivity contribution in [2.75, 3.05) is 51.8 Å². The van der Waals surface area contributed by atoms with E-state index in [-0.39, 0.29) is 5.91 Å². The zero-order valence-electron chi connectivity index (χ0n) is 20.5. The van der Waals surface area contributed by atoms with Crippen molar-refractivity contribution in [1.82, 2.24) is 29.5 Å². The van der Waals surface area contributed by atoms with Crippen molar-refractivity contribution in [3.63, 3.8) is 0 Å². The molecular formula is C25H30ClN7O3. The van der Waals surface area contributed by atoms with Crippen LogP contribution in [0.4, 0.5) is 11.6 Å². The molecule has 1 aromatic carbocycles. The van der Waals surface area contributed by atoms with Gasteiger partial charge in [0.05, 0.1) is 37.2 Å². The molecule has 36 heavy (non-hydrogen) atoms. The van der Waals surface area contributed by atoms with Crippen LogP contribution in [-0.2, 0) is 11.8 Å². The number of carbonyl (C=O) groups is 1. The number of ether oxygens (including phenoxy) is 2. The number of halogens is 1. The normalized spacial score (nSPS) is 17.2. The van der Waals surface area contributed by atoms with E-state index in [9.17, 15) is 4.79 Å². The first-order valence-corrected chi connectivity index (χ1v) is 12.5. The molecule has 2 aliphatic rings. The molecule has 4 heterocycles. The van der Waals surface area contributed by atoms with E-state index in [1.807, 2.05) is 30.3 Å². The summed E-state index contributed by atoms with van der Waals surface area (Å²) in [7, 11) is 3.41. The number of anilines is 2. The number of hydrogen-bond acceptors (Lipinski definition) is 8. The highest BCUT2D eigenvalue weighted by Gasteiger charge is 2.28. The molecule has 0 unspecified atom stereocenters. The lowest BCUT2D eigenvalue weighted by Gasteiger charge is -2.40. The second-order valence-corrected chi connectivity index (χ2v) is 9.38. The molecule has 0 saturated carbocycles. The SMILES string of the molecule is COc1cc(C(=O)N2CCC(N3CCOCC3)CC2)ccc1Nc1ncc(Cl)c(-c2ccn(C)n2)n1. The molecule has 190 valence electrons. The Morgan fingerprint density at radius 2 is 1.94 bits per heavy atom. The fourth-order valence-corrected chi connectivity index (χ4v) is 4.94. The first kappa shape index (κ1) is 24.5. The van der Waals surface area contributed by atoms with Crippen molar-refractivity contribution in [1.29, 1.82) is 0 Å². The lowest BCUT2D eigenvalue weighted by atomic mass is 10.0. The van der Waals surface area contributed by atoms with Crippen LogP contribution in [0.3, 0.4) is 0 Å². The number of likely N-dealkylation sites (tertiary alicyclic amines) is 1. The molecule has 0 spiro atoms. The highest BCUT2D eigenvalue weighted by atomic mass is 35.5. The van der Waals surface area contributed by atoms with Gasteiger partial charge in [0, 0.05) is 51.0 Å².